The maximum absolute atomic E-state index is 11.9. The Bertz CT molecular complexity index is 629. The number of aliphatic hydroxyl groups excluding tert-OH is 1. The molecular formula is C20H26N2O3. The number of carbonyl (C=O) groups is 1. The molecule has 0 fully saturated rings. The quantitative estimate of drug-likeness (QED) is 0.601. The van der Waals surface area contributed by atoms with Crippen LogP contribution in [0.15, 0.2) is 54.6 Å². The lowest BCUT2D eigenvalue weighted by Crippen LogP contribution is -2.30. The molecule has 0 saturated heterocycles. The first-order valence-electron chi connectivity index (χ1n) is 8.69. The van der Waals surface area contributed by atoms with Crippen molar-refractivity contribution in [3.63, 3.8) is 0 Å². The first-order valence-corrected chi connectivity index (χ1v) is 8.69. The average Bonchev–Trinajstić information content (AvgIpc) is 2.64. The molecule has 2 aromatic carbocycles. The van der Waals surface area contributed by atoms with Gasteiger partial charge in [-0.1, -0.05) is 43.7 Å². The molecular weight excluding hydrogens is 316 g/mol. The van der Waals surface area contributed by atoms with Crippen molar-refractivity contribution in [3.8, 4) is 5.75 Å². The van der Waals surface area contributed by atoms with Gasteiger partial charge in [-0.25, -0.2) is 4.79 Å². The van der Waals surface area contributed by atoms with E-state index < -0.39 is 6.10 Å². The van der Waals surface area contributed by atoms with E-state index in [2.05, 4.69) is 17.6 Å². The van der Waals surface area contributed by atoms with Crippen LogP contribution in [0.5, 0.6) is 5.75 Å². The van der Waals surface area contributed by atoms with E-state index in [-0.39, 0.29) is 6.03 Å². The summed E-state index contributed by atoms with van der Waals surface area (Å²) < 4.78 is 5.58. The molecule has 0 aliphatic rings. The van der Waals surface area contributed by atoms with E-state index in [0.29, 0.717) is 25.3 Å². The summed E-state index contributed by atoms with van der Waals surface area (Å²) in [5, 5.41) is 15.6. The van der Waals surface area contributed by atoms with Gasteiger partial charge in [0, 0.05) is 12.2 Å². The fourth-order valence-electron chi connectivity index (χ4n) is 2.31. The summed E-state index contributed by atoms with van der Waals surface area (Å²) in [4.78, 5) is 11.9. The van der Waals surface area contributed by atoms with Crippen LogP contribution in [0.4, 0.5) is 10.5 Å². The van der Waals surface area contributed by atoms with Crippen LogP contribution >= 0.6 is 0 Å². The third kappa shape index (κ3) is 6.85. The van der Waals surface area contributed by atoms with E-state index in [1.54, 1.807) is 12.1 Å². The molecule has 5 heteroatoms. The summed E-state index contributed by atoms with van der Waals surface area (Å²) in [5.74, 6) is 0.797. The van der Waals surface area contributed by atoms with Gasteiger partial charge in [-0.05, 0) is 42.7 Å². The zero-order valence-electron chi connectivity index (χ0n) is 14.6. The number of benzene rings is 2. The minimum Gasteiger partial charge on any atom is -0.494 e. The summed E-state index contributed by atoms with van der Waals surface area (Å²) >= 11 is 0. The van der Waals surface area contributed by atoms with Crippen LogP contribution < -0.4 is 15.4 Å². The van der Waals surface area contributed by atoms with Gasteiger partial charge in [0.1, 0.15) is 5.75 Å². The zero-order chi connectivity index (χ0) is 17.9. The molecule has 25 heavy (non-hydrogen) atoms. The lowest BCUT2D eigenvalue weighted by atomic mass is 10.1. The third-order valence-corrected chi connectivity index (χ3v) is 3.77. The predicted octanol–water partition coefficient (Wildman–Crippen LogP) is 4.11. The van der Waals surface area contributed by atoms with Gasteiger partial charge in [-0.15, -0.1) is 0 Å². The van der Waals surface area contributed by atoms with Crippen LogP contribution in [-0.2, 0) is 0 Å². The lowest BCUT2D eigenvalue weighted by Gasteiger charge is -2.12. The van der Waals surface area contributed by atoms with Crippen LogP contribution in [-0.4, -0.2) is 24.3 Å². The van der Waals surface area contributed by atoms with Crippen molar-refractivity contribution < 1.29 is 14.6 Å². The molecule has 2 aromatic rings. The number of carbonyl (C=O) groups excluding carboxylic acids is 1. The van der Waals surface area contributed by atoms with E-state index in [1.807, 2.05) is 42.5 Å². The molecule has 0 spiro atoms. The summed E-state index contributed by atoms with van der Waals surface area (Å²) in [6, 6.07) is 16.4. The number of hydrogen-bond donors (Lipinski definition) is 3. The summed E-state index contributed by atoms with van der Waals surface area (Å²) in [6.07, 6.45) is 2.00. The number of unbranched alkanes of at least 4 members (excludes halogenated alkanes) is 1. The van der Waals surface area contributed by atoms with Crippen LogP contribution in [0, 0.1) is 0 Å². The molecule has 0 aliphatic carbocycles. The maximum atomic E-state index is 11.9. The number of urea groups is 1. The van der Waals surface area contributed by atoms with Gasteiger partial charge in [0.15, 0.2) is 0 Å². The summed E-state index contributed by atoms with van der Waals surface area (Å²) in [6.45, 7) is 3.21. The number of ether oxygens (including phenoxy) is 1. The largest absolute Gasteiger partial charge is 0.494 e. The Morgan fingerprint density at radius 2 is 1.84 bits per heavy atom. The molecule has 2 amide bonds. The van der Waals surface area contributed by atoms with Crippen molar-refractivity contribution in [3.05, 3.63) is 60.2 Å². The highest BCUT2D eigenvalue weighted by molar-refractivity contribution is 5.89. The number of hydrogen-bond acceptors (Lipinski definition) is 3. The predicted molar refractivity (Wildman–Crippen MR) is 99.9 cm³/mol. The topological polar surface area (TPSA) is 70.6 Å². The van der Waals surface area contributed by atoms with Crippen LogP contribution in [0.25, 0.3) is 0 Å². The first-order chi connectivity index (χ1) is 12.2. The van der Waals surface area contributed by atoms with E-state index in [1.165, 1.54) is 0 Å². The van der Waals surface area contributed by atoms with Crippen LogP contribution in [0.2, 0.25) is 0 Å². The molecule has 5 nitrogen and oxygen atoms in total. The Labute approximate surface area is 149 Å². The highest BCUT2D eigenvalue weighted by Gasteiger charge is 2.08. The fraction of sp³-hybridized carbons (Fsp3) is 0.350. The van der Waals surface area contributed by atoms with Gasteiger partial charge in [-0.3, -0.25) is 0 Å². The molecule has 1 unspecified atom stereocenters. The first kappa shape index (κ1) is 18.8. The van der Waals surface area contributed by atoms with E-state index in [0.717, 1.165) is 24.2 Å². The van der Waals surface area contributed by atoms with Crippen molar-refractivity contribution in [2.45, 2.75) is 32.3 Å². The van der Waals surface area contributed by atoms with E-state index in [9.17, 15) is 9.90 Å². The van der Waals surface area contributed by atoms with Gasteiger partial charge in [-0.2, -0.15) is 0 Å². The number of aliphatic hydroxyl groups is 1. The summed E-state index contributed by atoms with van der Waals surface area (Å²) in [5.41, 5.74) is 1.55. The minimum absolute atomic E-state index is 0.292. The number of anilines is 1. The van der Waals surface area contributed by atoms with Crippen molar-refractivity contribution >= 4 is 11.7 Å². The Kier molecular flexibility index (Phi) is 7.79. The van der Waals surface area contributed by atoms with Gasteiger partial charge in [0.25, 0.3) is 0 Å². The highest BCUT2D eigenvalue weighted by Crippen LogP contribution is 2.17. The second-order valence-corrected chi connectivity index (χ2v) is 5.82. The van der Waals surface area contributed by atoms with Gasteiger partial charge in [0.2, 0.25) is 0 Å². The Balaban J connectivity index is 1.69. The second-order valence-electron chi connectivity index (χ2n) is 5.82. The number of amides is 2. The Morgan fingerprint density at radius 1 is 1.12 bits per heavy atom. The molecule has 3 N–H and O–H groups in total. The molecule has 0 saturated carbocycles. The van der Waals surface area contributed by atoms with E-state index >= 15 is 0 Å². The van der Waals surface area contributed by atoms with Crippen molar-refractivity contribution in [2.24, 2.45) is 0 Å². The van der Waals surface area contributed by atoms with Gasteiger partial charge < -0.3 is 20.5 Å². The van der Waals surface area contributed by atoms with Crippen molar-refractivity contribution in [1.82, 2.24) is 5.32 Å². The fourth-order valence-corrected chi connectivity index (χ4v) is 2.31. The lowest BCUT2D eigenvalue weighted by molar-refractivity contribution is 0.167. The van der Waals surface area contributed by atoms with Crippen molar-refractivity contribution in [2.75, 3.05) is 18.5 Å². The normalized spacial score (nSPS) is 11.6. The molecule has 1 atom stereocenters. The van der Waals surface area contributed by atoms with Crippen LogP contribution in [0.1, 0.15) is 37.9 Å². The monoisotopic (exact) mass is 342 g/mol. The number of rotatable bonds is 9. The smallest absolute Gasteiger partial charge is 0.319 e. The van der Waals surface area contributed by atoms with Gasteiger partial charge in [0.05, 0.1) is 12.7 Å². The second kappa shape index (κ2) is 10.4. The highest BCUT2D eigenvalue weighted by atomic mass is 16.5. The minimum atomic E-state index is -0.582. The third-order valence-electron chi connectivity index (χ3n) is 3.77. The Morgan fingerprint density at radius 3 is 2.52 bits per heavy atom. The maximum Gasteiger partial charge on any atom is 0.319 e. The Hall–Kier alpha value is -2.53. The summed E-state index contributed by atoms with van der Waals surface area (Å²) in [7, 11) is 0. The van der Waals surface area contributed by atoms with E-state index in [4.69, 9.17) is 4.74 Å². The van der Waals surface area contributed by atoms with Gasteiger partial charge >= 0.3 is 6.03 Å². The number of nitrogens with one attached hydrogen (secondary N) is 2. The molecule has 0 heterocycles. The average molecular weight is 342 g/mol. The molecule has 134 valence electrons. The molecule has 2 rings (SSSR count). The van der Waals surface area contributed by atoms with Crippen LogP contribution in [0.3, 0.4) is 0 Å². The van der Waals surface area contributed by atoms with Crippen molar-refractivity contribution in [1.29, 1.82) is 0 Å². The zero-order valence-corrected chi connectivity index (χ0v) is 14.6. The molecule has 0 bridgehead atoms. The SMILES string of the molecule is CCCCOc1ccc(NC(=O)NCCC(O)c2ccccc2)cc1. The molecule has 0 radical (unpaired) electrons. The molecule has 0 aliphatic heterocycles. The standard InChI is InChI=1S/C20H26N2O3/c1-2-3-15-25-18-11-9-17(10-12-18)22-20(24)21-14-13-19(23)16-7-5-4-6-8-16/h4-12,19,23H,2-3,13-15H2,1H3,(H2,21,22,24). The molecule has 0 aromatic heterocycles.